The molecule has 1 amide bonds. The van der Waals surface area contributed by atoms with E-state index in [1.807, 2.05) is 30.9 Å². The summed E-state index contributed by atoms with van der Waals surface area (Å²) in [5.41, 5.74) is 3.61. The van der Waals surface area contributed by atoms with E-state index in [9.17, 15) is 4.79 Å². The minimum atomic E-state index is -0.147. The van der Waals surface area contributed by atoms with Gasteiger partial charge in [-0.05, 0) is 25.0 Å². The molecule has 1 aromatic carbocycles. The highest BCUT2D eigenvalue weighted by Gasteiger charge is 2.29. The van der Waals surface area contributed by atoms with Crippen molar-refractivity contribution < 1.29 is 9.32 Å². The van der Waals surface area contributed by atoms with Crippen molar-refractivity contribution in [3.63, 3.8) is 0 Å². The summed E-state index contributed by atoms with van der Waals surface area (Å²) < 4.78 is 7.04. The van der Waals surface area contributed by atoms with Crippen molar-refractivity contribution in [3.8, 4) is 11.4 Å². The van der Waals surface area contributed by atoms with Gasteiger partial charge in [-0.25, -0.2) is 0 Å². The first-order chi connectivity index (χ1) is 12.7. The van der Waals surface area contributed by atoms with Crippen LogP contribution in [-0.2, 0) is 18.6 Å². The molecule has 7 nitrogen and oxygen atoms in total. The lowest BCUT2D eigenvalue weighted by molar-refractivity contribution is 0.102. The molecule has 5 rings (SSSR count). The number of aryl methyl sites for hydroxylation is 1. The first-order valence-electron chi connectivity index (χ1n) is 8.57. The van der Waals surface area contributed by atoms with Crippen LogP contribution in [0.1, 0.15) is 46.3 Å². The Labute approximate surface area is 154 Å². The number of rotatable bonds is 4. The molecule has 132 valence electrons. The summed E-state index contributed by atoms with van der Waals surface area (Å²) in [4.78, 5) is 17.0. The molecule has 26 heavy (non-hydrogen) atoms. The van der Waals surface area contributed by atoms with E-state index in [-0.39, 0.29) is 5.91 Å². The second-order valence-corrected chi connectivity index (χ2v) is 7.64. The van der Waals surface area contributed by atoms with Gasteiger partial charge in [-0.1, -0.05) is 17.3 Å². The summed E-state index contributed by atoms with van der Waals surface area (Å²) in [5, 5.41) is 11.5. The highest BCUT2D eigenvalue weighted by Crippen LogP contribution is 2.39. The molecule has 3 aromatic rings. The predicted molar refractivity (Wildman–Crippen MR) is 97.9 cm³/mol. The number of nitrogens with one attached hydrogen (secondary N) is 1. The molecule has 0 unspecified atom stereocenters. The lowest BCUT2D eigenvalue weighted by atomic mass is 10.1. The fourth-order valence-corrected chi connectivity index (χ4v) is 4.13. The standard InChI is InChI=1S/C18H17N5O2S/c1-23-16(13-8-26-9-14(13)21-23)20-17(24)11-4-2-10(3-5-11)15-19-18(25-22-15)12-6-7-12/h2-5,12H,6-9H2,1H3,(H,20,24). The number of carbonyl (C=O) groups excluding carboxylic acids is 1. The average Bonchev–Trinajstić information content (AvgIpc) is 3.09. The third kappa shape index (κ3) is 2.70. The zero-order valence-corrected chi connectivity index (χ0v) is 15.0. The Morgan fingerprint density at radius 3 is 2.85 bits per heavy atom. The van der Waals surface area contributed by atoms with E-state index in [2.05, 4.69) is 20.6 Å². The number of aromatic nitrogens is 4. The third-order valence-electron chi connectivity index (χ3n) is 4.72. The number of thioether (sulfide) groups is 1. The van der Waals surface area contributed by atoms with Crippen molar-refractivity contribution in [1.29, 1.82) is 0 Å². The van der Waals surface area contributed by atoms with Crippen molar-refractivity contribution in [1.82, 2.24) is 19.9 Å². The summed E-state index contributed by atoms with van der Waals surface area (Å²) in [6, 6.07) is 7.26. The Morgan fingerprint density at radius 1 is 1.27 bits per heavy atom. The smallest absolute Gasteiger partial charge is 0.256 e. The zero-order valence-electron chi connectivity index (χ0n) is 14.2. The van der Waals surface area contributed by atoms with Crippen LogP contribution in [0.2, 0.25) is 0 Å². The molecule has 2 aliphatic rings. The highest BCUT2D eigenvalue weighted by molar-refractivity contribution is 7.98. The summed E-state index contributed by atoms with van der Waals surface area (Å²) in [6.07, 6.45) is 2.24. The number of fused-ring (bicyclic) bond motifs is 1. The van der Waals surface area contributed by atoms with Gasteiger partial charge < -0.3 is 9.84 Å². The van der Waals surface area contributed by atoms with Crippen LogP contribution in [0.4, 0.5) is 5.82 Å². The van der Waals surface area contributed by atoms with Gasteiger partial charge in [0.2, 0.25) is 11.7 Å². The van der Waals surface area contributed by atoms with Crippen molar-refractivity contribution in [2.24, 2.45) is 7.05 Å². The molecule has 1 aliphatic carbocycles. The normalized spacial score (nSPS) is 15.9. The van der Waals surface area contributed by atoms with Gasteiger partial charge in [0, 0.05) is 41.2 Å². The van der Waals surface area contributed by atoms with Crippen LogP contribution < -0.4 is 5.32 Å². The highest BCUT2D eigenvalue weighted by atomic mass is 32.2. The van der Waals surface area contributed by atoms with Gasteiger partial charge in [0.15, 0.2) is 0 Å². The molecule has 0 saturated heterocycles. The molecular formula is C18H17N5O2S. The van der Waals surface area contributed by atoms with Gasteiger partial charge in [-0.3, -0.25) is 9.48 Å². The molecule has 0 atom stereocenters. The minimum Gasteiger partial charge on any atom is -0.339 e. The molecule has 1 saturated carbocycles. The number of hydrogen-bond acceptors (Lipinski definition) is 6. The minimum absolute atomic E-state index is 0.147. The van der Waals surface area contributed by atoms with Crippen LogP contribution in [0.5, 0.6) is 0 Å². The van der Waals surface area contributed by atoms with E-state index in [0.29, 0.717) is 23.2 Å². The van der Waals surface area contributed by atoms with Crippen LogP contribution >= 0.6 is 11.8 Å². The van der Waals surface area contributed by atoms with Gasteiger partial charge in [0.25, 0.3) is 5.91 Å². The molecule has 0 spiro atoms. The molecule has 8 heteroatoms. The maximum Gasteiger partial charge on any atom is 0.256 e. The first-order valence-corrected chi connectivity index (χ1v) is 9.72. The summed E-state index contributed by atoms with van der Waals surface area (Å²) in [7, 11) is 1.86. The number of hydrogen-bond donors (Lipinski definition) is 1. The zero-order chi connectivity index (χ0) is 17.7. The van der Waals surface area contributed by atoms with Gasteiger partial charge >= 0.3 is 0 Å². The van der Waals surface area contributed by atoms with E-state index < -0.39 is 0 Å². The Hall–Kier alpha value is -2.61. The number of benzene rings is 1. The predicted octanol–water partition coefficient (Wildman–Crippen LogP) is 3.35. The Kier molecular flexibility index (Phi) is 3.59. The van der Waals surface area contributed by atoms with Gasteiger partial charge in [0.1, 0.15) is 5.82 Å². The van der Waals surface area contributed by atoms with Crippen molar-refractivity contribution in [2.45, 2.75) is 30.3 Å². The van der Waals surface area contributed by atoms with Crippen LogP contribution in [-0.4, -0.2) is 25.8 Å². The number of amides is 1. The molecule has 3 heterocycles. The van der Waals surface area contributed by atoms with Gasteiger partial charge in [-0.2, -0.15) is 21.8 Å². The van der Waals surface area contributed by atoms with Crippen molar-refractivity contribution in [2.75, 3.05) is 5.32 Å². The fourth-order valence-electron chi connectivity index (χ4n) is 3.10. The summed E-state index contributed by atoms with van der Waals surface area (Å²) in [6.45, 7) is 0. The van der Waals surface area contributed by atoms with E-state index in [4.69, 9.17) is 4.52 Å². The SMILES string of the molecule is Cn1nc2c(c1NC(=O)c1ccc(-c3noc(C4CC4)n3)cc1)CSC2. The molecule has 1 aliphatic heterocycles. The summed E-state index contributed by atoms with van der Waals surface area (Å²) in [5.74, 6) is 4.14. The van der Waals surface area contributed by atoms with E-state index in [0.717, 1.165) is 47.0 Å². The lowest BCUT2D eigenvalue weighted by Crippen LogP contribution is -2.15. The molecule has 1 fully saturated rings. The van der Waals surface area contributed by atoms with Crippen LogP contribution in [0.15, 0.2) is 28.8 Å². The maximum atomic E-state index is 12.6. The molecule has 0 radical (unpaired) electrons. The summed E-state index contributed by atoms with van der Waals surface area (Å²) >= 11 is 1.81. The van der Waals surface area contributed by atoms with E-state index >= 15 is 0 Å². The average molecular weight is 367 g/mol. The van der Waals surface area contributed by atoms with Gasteiger partial charge in [0.05, 0.1) is 5.69 Å². The van der Waals surface area contributed by atoms with Crippen LogP contribution in [0, 0.1) is 0 Å². The number of anilines is 1. The molecule has 1 N–H and O–H groups in total. The molecule has 2 aromatic heterocycles. The molecular weight excluding hydrogens is 350 g/mol. The lowest BCUT2D eigenvalue weighted by Gasteiger charge is -2.08. The topological polar surface area (TPSA) is 85.8 Å². The number of nitrogens with zero attached hydrogens (tertiary/aromatic N) is 4. The van der Waals surface area contributed by atoms with E-state index in [1.54, 1.807) is 16.8 Å². The van der Waals surface area contributed by atoms with Crippen molar-refractivity contribution in [3.05, 3.63) is 47.0 Å². The Bertz CT molecular complexity index is 988. The first kappa shape index (κ1) is 15.6. The Morgan fingerprint density at radius 2 is 2.08 bits per heavy atom. The van der Waals surface area contributed by atoms with Gasteiger partial charge in [-0.15, -0.1) is 0 Å². The second-order valence-electron chi connectivity index (χ2n) is 6.65. The second kappa shape index (κ2) is 5.98. The van der Waals surface area contributed by atoms with Crippen LogP contribution in [0.3, 0.4) is 0 Å². The quantitative estimate of drug-likeness (QED) is 0.761. The largest absolute Gasteiger partial charge is 0.339 e. The van der Waals surface area contributed by atoms with E-state index in [1.165, 1.54) is 0 Å². The van der Waals surface area contributed by atoms with Crippen LogP contribution in [0.25, 0.3) is 11.4 Å². The maximum absolute atomic E-state index is 12.6. The monoisotopic (exact) mass is 367 g/mol. The Balaban J connectivity index is 1.34. The van der Waals surface area contributed by atoms with Crippen molar-refractivity contribution >= 4 is 23.5 Å². The number of carbonyl (C=O) groups is 1. The third-order valence-corrected chi connectivity index (χ3v) is 5.69. The fraction of sp³-hybridized carbons (Fsp3) is 0.333. The molecule has 0 bridgehead atoms.